The molecule has 0 aromatic carbocycles. The van der Waals surface area contributed by atoms with Crippen LogP contribution in [0.5, 0.6) is 0 Å². The molecule has 0 radical (unpaired) electrons. The van der Waals surface area contributed by atoms with Crippen molar-refractivity contribution in [2.45, 2.75) is 6.92 Å². The van der Waals surface area contributed by atoms with Gasteiger partial charge in [-0.1, -0.05) is 0 Å². The maximum absolute atomic E-state index is 11.2. The van der Waals surface area contributed by atoms with Gasteiger partial charge in [0.05, 0.1) is 6.54 Å². The van der Waals surface area contributed by atoms with Gasteiger partial charge < -0.3 is 5.43 Å². The molecule has 0 unspecified atom stereocenters. The molecule has 0 aromatic rings. The average Bonchev–Trinajstić information content (AvgIpc) is 1.69. The first-order valence-electron chi connectivity index (χ1n) is 2.18. The molecule has 0 atom stereocenters. The van der Waals surface area contributed by atoms with E-state index in [1.807, 2.05) is 0 Å². The van der Waals surface area contributed by atoms with Gasteiger partial charge in [0.15, 0.2) is 0 Å². The summed E-state index contributed by atoms with van der Waals surface area (Å²) in [4.78, 5) is 0. The summed E-state index contributed by atoms with van der Waals surface area (Å²) in [5, 5.41) is 3.55. The maximum Gasteiger partial charge on any atom is 0.108 e. The largest absolute Gasteiger partial charge is 0.308 e. The van der Waals surface area contributed by atoms with Crippen molar-refractivity contribution in [1.82, 2.24) is 5.43 Å². The summed E-state index contributed by atoms with van der Waals surface area (Å²) < 4.78 is 11.2. The summed E-state index contributed by atoms with van der Waals surface area (Å²) in [7, 11) is 0. The van der Waals surface area contributed by atoms with Crippen LogP contribution in [-0.4, -0.2) is 19.4 Å². The molecule has 0 aliphatic heterocycles. The Morgan fingerprint density at radius 2 is 2.57 bits per heavy atom. The molecule has 7 heavy (non-hydrogen) atoms. The van der Waals surface area contributed by atoms with E-state index in [1.54, 1.807) is 13.1 Å². The molecule has 0 aliphatic rings. The number of halogens is 1. The van der Waals surface area contributed by atoms with Crippen molar-refractivity contribution in [2.24, 2.45) is 5.10 Å². The molecule has 0 heterocycles. The van der Waals surface area contributed by atoms with Crippen molar-refractivity contribution < 1.29 is 4.39 Å². The zero-order valence-corrected chi connectivity index (χ0v) is 4.32. The summed E-state index contributed by atoms with van der Waals surface area (Å²) in [6.07, 6.45) is 1.58. The Labute approximate surface area is 42.4 Å². The first-order chi connectivity index (χ1) is 3.41. The Morgan fingerprint density at radius 3 is 3.00 bits per heavy atom. The van der Waals surface area contributed by atoms with E-state index in [-0.39, 0.29) is 6.67 Å². The van der Waals surface area contributed by atoms with Gasteiger partial charge in [0.2, 0.25) is 0 Å². The molecule has 0 saturated heterocycles. The highest BCUT2D eigenvalue weighted by Gasteiger charge is 1.72. The number of hydrogen-bond donors (Lipinski definition) is 1. The standard InChI is InChI=1S/C4H9FN2/c1-2-6-7-4-3-5/h2,7H,3-4H2,1H3/b6-2-. The lowest BCUT2D eigenvalue weighted by molar-refractivity contribution is 0.473. The van der Waals surface area contributed by atoms with Gasteiger partial charge in [0.1, 0.15) is 6.67 Å². The van der Waals surface area contributed by atoms with E-state index in [0.29, 0.717) is 6.54 Å². The summed E-state index contributed by atoms with van der Waals surface area (Å²) in [6.45, 7) is 1.72. The highest BCUT2D eigenvalue weighted by molar-refractivity contribution is 5.52. The summed E-state index contributed by atoms with van der Waals surface area (Å²) in [6, 6.07) is 0. The van der Waals surface area contributed by atoms with Crippen molar-refractivity contribution >= 4 is 6.21 Å². The van der Waals surface area contributed by atoms with E-state index in [4.69, 9.17) is 0 Å². The predicted molar refractivity (Wildman–Crippen MR) is 28.1 cm³/mol. The zero-order valence-electron chi connectivity index (χ0n) is 4.32. The van der Waals surface area contributed by atoms with E-state index in [0.717, 1.165) is 0 Å². The first kappa shape index (κ1) is 6.40. The van der Waals surface area contributed by atoms with E-state index in [1.165, 1.54) is 0 Å². The van der Waals surface area contributed by atoms with Crippen LogP contribution in [0, 0.1) is 0 Å². The van der Waals surface area contributed by atoms with Gasteiger partial charge in [0, 0.05) is 6.21 Å². The first-order valence-corrected chi connectivity index (χ1v) is 2.18. The average molecular weight is 104 g/mol. The number of nitrogens with one attached hydrogen (secondary N) is 1. The minimum absolute atomic E-state index is 0.310. The molecule has 0 aromatic heterocycles. The second-order valence-electron chi connectivity index (χ2n) is 0.984. The van der Waals surface area contributed by atoms with E-state index < -0.39 is 0 Å². The molecule has 0 amide bonds. The van der Waals surface area contributed by atoms with E-state index in [9.17, 15) is 4.39 Å². The van der Waals surface area contributed by atoms with Crippen molar-refractivity contribution in [3.05, 3.63) is 0 Å². The molecular weight excluding hydrogens is 95.1 g/mol. The molecular formula is C4H9FN2. The predicted octanol–water partition coefficient (Wildman–Crippen LogP) is 0.551. The van der Waals surface area contributed by atoms with Gasteiger partial charge in [-0.15, -0.1) is 0 Å². The third-order valence-electron chi connectivity index (χ3n) is 0.427. The Kier molecular flexibility index (Phi) is 4.94. The highest BCUT2D eigenvalue weighted by Crippen LogP contribution is 1.61. The molecule has 1 N–H and O–H groups in total. The SMILES string of the molecule is C/C=N\NCCF. The third kappa shape index (κ3) is 5.40. The third-order valence-corrected chi connectivity index (χ3v) is 0.427. The molecule has 0 fully saturated rings. The minimum atomic E-state index is -0.364. The van der Waals surface area contributed by atoms with Gasteiger partial charge in [-0.05, 0) is 6.92 Å². The monoisotopic (exact) mass is 104 g/mol. The lowest BCUT2D eigenvalue weighted by Crippen LogP contribution is -2.08. The van der Waals surface area contributed by atoms with Gasteiger partial charge in [-0.2, -0.15) is 5.10 Å². The van der Waals surface area contributed by atoms with Crippen molar-refractivity contribution in [3.8, 4) is 0 Å². The Bertz CT molecular complexity index is 53.7. The van der Waals surface area contributed by atoms with Crippen LogP contribution in [0.4, 0.5) is 4.39 Å². The van der Waals surface area contributed by atoms with Gasteiger partial charge >= 0.3 is 0 Å². The Balaban J connectivity index is 2.69. The topological polar surface area (TPSA) is 24.4 Å². The van der Waals surface area contributed by atoms with Crippen LogP contribution in [0.15, 0.2) is 5.10 Å². The summed E-state index contributed by atoms with van der Waals surface area (Å²) in [5.41, 5.74) is 2.48. The van der Waals surface area contributed by atoms with Crippen molar-refractivity contribution in [2.75, 3.05) is 13.2 Å². The van der Waals surface area contributed by atoms with Crippen LogP contribution in [0.25, 0.3) is 0 Å². The normalized spacial score (nSPS) is 10.0. The second-order valence-corrected chi connectivity index (χ2v) is 0.984. The van der Waals surface area contributed by atoms with Crippen LogP contribution in [0.1, 0.15) is 6.92 Å². The summed E-state index contributed by atoms with van der Waals surface area (Å²) >= 11 is 0. The fraction of sp³-hybridized carbons (Fsp3) is 0.750. The molecule has 0 saturated carbocycles. The molecule has 3 heteroatoms. The highest BCUT2D eigenvalue weighted by atomic mass is 19.1. The smallest absolute Gasteiger partial charge is 0.108 e. The van der Waals surface area contributed by atoms with Crippen LogP contribution in [-0.2, 0) is 0 Å². The molecule has 0 aliphatic carbocycles. The van der Waals surface area contributed by atoms with E-state index >= 15 is 0 Å². The number of nitrogens with zero attached hydrogens (tertiary/aromatic N) is 1. The number of alkyl halides is 1. The van der Waals surface area contributed by atoms with Crippen molar-refractivity contribution in [1.29, 1.82) is 0 Å². The van der Waals surface area contributed by atoms with Crippen LogP contribution in [0.2, 0.25) is 0 Å². The second kappa shape index (κ2) is 5.40. The van der Waals surface area contributed by atoms with Crippen LogP contribution < -0.4 is 5.43 Å². The number of hydrogen-bond acceptors (Lipinski definition) is 2. The Hall–Kier alpha value is -0.600. The van der Waals surface area contributed by atoms with Crippen molar-refractivity contribution in [3.63, 3.8) is 0 Å². The molecule has 0 spiro atoms. The molecule has 42 valence electrons. The fourth-order valence-corrected chi connectivity index (χ4v) is 0.198. The lowest BCUT2D eigenvalue weighted by atomic mass is 10.8. The number of rotatable bonds is 3. The minimum Gasteiger partial charge on any atom is -0.308 e. The zero-order chi connectivity index (χ0) is 5.54. The summed E-state index contributed by atoms with van der Waals surface area (Å²) in [5.74, 6) is 0. The number of hydrazone groups is 1. The Morgan fingerprint density at radius 1 is 1.86 bits per heavy atom. The van der Waals surface area contributed by atoms with Gasteiger partial charge in [-0.25, -0.2) is 4.39 Å². The lowest BCUT2D eigenvalue weighted by Gasteiger charge is -1.88. The van der Waals surface area contributed by atoms with Crippen LogP contribution >= 0.6 is 0 Å². The van der Waals surface area contributed by atoms with E-state index in [2.05, 4.69) is 10.5 Å². The molecule has 0 rings (SSSR count). The molecule has 2 nitrogen and oxygen atoms in total. The van der Waals surface area contributed by atoms with Crippen LogP contribution in [0.3, 0.4) is 0 Å². The maximum atomic E-state index is 11.2. The fourth-order valence-electron chi connectivity index (χ4n) is 0.198. The molecule has 0 bridgehead atoms. The van der Waals surface area contributed by atoms with Gasteiger partial charge in [0.25, 0.3) is 0 Å². The van der Waals surface area contributed by atoms with Gasteiger partial charge in [-0.3, -0.25) is 0 Å². The quantitative estimate of drug-likeness (QED) is 0.315.